The van der Waals surface area contributed by atoms with E-state index in [4.69, 9.17) is 4.74 Å². The molecule has 4 rings (SSSR count). The fourth-order valence-electron chi connectivity index (χ4n) is 4.39. The van der Waals surface area contributed by atoms with E-state index in [9.17, 15) is 9.59 Å². The van der Waals surface area contributed by atoms with Gasteiger partial charge in [-0.05, 0) is 61.6 Å². The highest BCUT2D eigenvalue weighted by Gasteiger charge is 2.46. The molecule has 3 heteroatoms. The van der Waals surface area contributed by atoms with Crippen LogP contribution in [-0.2, 0) is 0 Å². The smallest absolute Gasteiger partial charge is 0.171 e. The predicted octanol–water partition coefficient (Wildman–Crippen LogP) is 5.08. The Balaban J connectivity index is 1.96. The van der Waals surface area contributed by atoms with Gasteiger partial charge in [-0.2, -0.15) is 0 Å². The third-order valence-electron chi connectivity index (χ3n) is 5.82. The molecule has 0 saturated heterocycles. The summed E-state index contributed by atoms with van der Waals surface area (Å²) < 4.78 is 6.35. The van der Waals surface area contributed by atoms with Gasteiger partial charge in [-0.15, -0.1) is 0 Å². The fourth-order valence-corrected chi connectivity index (χ4v) is 4.39. The molecule has 0 bridgehead atoms. The second-order valence-corrected chi connectivity index (χ2v) is 7.76. The zero-order chi connectivity index (χ0) is 16.9. The van der Waals surface area contributed by atoms with E-state index in [1.807, 2.05) is 6.07 Å². The molecular weight excluding hydrogens is 300 g/mol. The average molecular weight is 324 g/mol. The second kappa shape index (κ2) is 5.58. The number of aldehydes is 1. The maximum Gasteiger partial charge on any atom is 0.171 e. The lowest BCUT2D eigenvalue weighted by Gasteiger charge is -2.45. The van der Waals surface area contributed by atoms with E-state index in [-0.39, 0.29) is 17.3 Å². The molecule has 1 saturated carbocycles. The molecule has 2 aliphatic carbocycles. The normalized spacial score (nSPS) is 21.3. The van der Waals surface area contributed by atoms with Crippen molar-refractivity contribution in [3.63, 3.8) is 0 Å². The van der Waals surface area contributed by atoms with Crippen LogP contribution in [-0.4, -0.2) is 17.7 Å². The Kier molecular flexibility index (Phi) is 3.63. The number of hydrogen-bond acceptors (Lipinski definition) is 3. The minimum Gasteiger partial charge on any atom is -0.486 e. The topological polar surface area (TPSA) is 43.4 Å². The van der Waals surface area contributed by atoms with Crippen molar-refractivity contribution in [3.8, 4) is 5.75 Å². The van der Waals surface area contributed by atoms with Gasteiger partial charge < -0.3 is 4.74 Å². The summed E-state index contributed by atoms with van der Waals surface area (Å²) in [5, 5.41) is 0. The first-order chi connectivity index (χ1) is 11.5. The minimum absolute atomic E-state index is 0.150. The van der Waals surface area contributed by atoms with Crippen LogP contribution >= 0.6 is 0 Å². The van der Waals surface area contributed by atoms with Crippen molar-refractivity contribution in [2.45, 2.75) is 70.3 Å². The number of carbonyl (C=O) groups is 2. The van der Waals surface area contributed by atoms with E-state index in [0.717, 1.165) is 61.5 Å². The zero-order valence-electron chi connectivity index (χ0n) is 14.5. The van der Waals surface area contributed by atoms with Crippen molar-refractivity contribution in [1.82, 2.24) is 0 Å². The van der Waals surface area contributed by atoms with Crippen LogP contribution in [0.2, 0.25) is 0 Å². The van der Waals surface area contributed by atoms with E-state index in [1.165, 1.54) is 0 Å². The first-order valence-electron chi connectivity index (χ1n) is 9.12. The van der Waals surface area contributed by atoms with Gasteiger partial charge in [0, 0.05) is 11.1 Å². The van der Waals surface area contributed by atoms with Crippen molar-refractivity contribution in [2.24, 2.45) is 0 Å². The Labute approximate surface area is 143 Å². The van der Waals surface area contributed by atoms with Crippen molar-refractivity contribution >= 4 is 17.6 Å². The van der Waals surface area contributed by atoms with Crippen LogP contribution in [0.5, 0.6) is 5.75 Å². The lowest BCUT2D eigenvalue weighted by atomic mass is 9.72. The van der Waals surface area contributed by atoms with Crippen LogP contribution in [0.1, 0.15) is 96.6 Å². The van der Waals surface area contributed by atoms with Gasteiger partial charge >= 0.3 is 0 Å². The van der Waals surface area contributed by atoms with Gasteiger partial charge in [0.2, 0.25) is 0 Å². The van der Waals surface area contributed by atoms with E-state index in [1.54, 1.807) is 0 Å². The summed E-state index contributed by atoms with van der Waals surface area (Å²) in [5.41, 5.74) is 4.09. The molecule has 1 aromatic rings. The Morgan fingerprint density at radius 1 is 1.21 bits per heavy atom. The molecule has 0 N–H and O–H groups in total. The van der Waals surface area contributed by atoms with E-state index in [2.05, 4.69) is 19.9 Å². The summed E-state index contributed by atoms with van der Waals surface area (Å²) in [7, 11) is 0. The molecule has 0 unspecified atom stereocenters. The van der Waals surface area contributed by atoms with Crippen LogP contribution in [0.4, 0.5) is 0 Å². The second-order valence-electron chi connectivity index (χ2n) is 7.76. The molecule has 1 aromatic carbocycles. The van der Waals surface area contributed by atoms with Gasteiger partial charge in [-0.3, -0.25) is 9.59 Å². The summed E-state index contributed by atoms with van der Waals surface area (Å²) in [4.78, 5) is 24.9. The highest BCUT2D eigenvalue weighted by molar-refractivity contribution is 6.08. The lowest BCUT2D eigenvalue weighted by molar-refractivity contribution is -0.0178. The maximum atomic E-state index is 13.0. The lowest BCUT2D eigenvalue weighted by Crippen LogP contribution is -2.48. The van der Waals surface area contributed by atoms with Crippen LogP contribution in [0.3, 0.4) is 0 Å². The number of carbonyl (C=O) groups excluding carboxylic acids is 2. The highest BCUT2D eigenvalue weighted by atomic mass is 16.5. The number of fused-ring (bicyclic) bond motifs is 1. The molecule has 126 valence electrons. The molecule has 3 nitrogen and oxygen atoms in total. The van der Waals surface area contributed by atoms with Crippen LogP contribution in [0, 0.1) is 0 Å². The Bertz CT molecular complexity index is 751. The van der Waals surface area contributed by atoms with Crippen LogP contribution < -0.4 is 4.74 Å². The standard InChI is InChI=1S/C21H24O3/c1-13(2)15-10-18-20(17(23)11-21(24-18)8-5-9-21)19(16(15)12-22)14-6-3-4-7-14/h6,10,12-13H,3-5,7-9,11H2,1-2H3. The van der Waals surface area contributed by atoms with Crippen molar-refractivity contribution in [2.75, 3.05) is 0 Å². The number of Topliss-reactive ketones (excluding diaryl/α,β-unsaturated/α-hetero) is 1. The third-order valence-corrected chi connectivity index (χ3v) is 5.82. The van der Waals surface area contributed by atoms with E-state index in [0.29, 0.717) is 23.3 Å². The molecule has 1 aliphatic heterocycles. The molecule has 24 heavy (non-hydrogen) atoms. The summed E-state index contributed by atoms with van der Waals surface area (Å²) in [6, 6.07) is 1.96. The van der Waals surface area contributed by atoms with E-state index >= 15 is 0 Å². The average Bonchev–Trinajstić information content (AvgIpc) is 3.05. The Hall–Kier alpha value is -1.90. The monoisotopic (exact) mass is 324 g/mol. The minimum atomic E-state index is -0.275. The SMILES string of the molecule is CC(C)c1cc2c(c(C3=CCCC3)c1C=O)C(=O)CC1(CCC1)O2. The predicted molar refractivity (Wildman–Crippen MR) is 93.9 cm³/mol. The third kappa shape index (κ3) is 2.25. The fraction of sp³-hybridized carbons (Fsp3) is 0.524. The summed E-state index contributed by atoms with van der Waals surface area (Å²) in [5.74, 6) is 1.08. The molecular formula is C21H24O3. The summed E-state index contributed by atoms with van der Waals surface area (Å²) in [6.07, 6.45) is 9.68. The Morgan fingerprint density at radius 2 is 2.00 bits per heavy atom. The van der Waals surface area contributed by atoms with Gasteiger partial charge in [-0.1, -0.05) is 19.9 Å². The van der Waals surface area contributed by atoms with Crippen LogP contribution in [0.25, 0.3) is 5.57 Å². The molecule has 1 spiro atoms. The Morgan fingerprint density at radius 3 is 2.54 bits per heavy atom. The number of ketones is 1. The zero-order valence-corrected chi connectivity index (χ0v) is 14.5. The number of hydrogen-bond donors (Lipinski definition) is 0. The van der Waals surface area contributed by atoms with Gasteiger partial charge in [0.25, 0.3) is 0 Å². The molecule has 0 atom stereocenters. The molecule has 3 aliphatic rings. The van der Waals surface area contributed by atoms with Gasteiger partial charge in [0.1, 0.15) is 11.4 Å². The van der Waals surface area contributed by atoms with Crippen molar-refractivity contribution < 1.29 is 14.3 Å². The molecule has 0 amide bonds. The summed E-state index contributed by atoms with van der Waals surface area (Å²) in [6.45, 7) is 4.18. The highest BCUT2D eigenvalue weighted by Crippen LogP contribution is 2.49. The number of allylic oxidation sites excluding steroid dienone is 2. The number of rotatable bonds is 3. The van der Waals surface area contributed by atoms with Crippen LogP contribution in [0.15, 0.2) is 12.1 Å². The quantitative estimate of drug-likeness (QED) is 0.728. The first kappa shape index (κ1) is 15.6. The first-order valence-corrected chi connectivity index (χ1v) is 9.12. The molecule has 0 aromatic heterocycles. The van der Waals surface area contributed by atoms with E-state index < -0.39 is 0 Å². The number of benzene rings is 1. The van der Waals surface area contributed by atoms with Gasteiger partial charge in [0.05, 0.1) is 12.0 Å². The van der Waals surface area contributed by atoms with Crippen molar-refractivity contribution in [1.29, 1.82) is 0 Å². The summed E-state index contributed by atoms with van der Waals surface area (Å²) >= 11 is 0. The van der Waals surface area contributed by atoms with Gasteiger partial charge in [-0.25, -0.2) is 0 Å². The van der Waals surface area contributed by atoms with Crippen molar-refractivity contribution in [3.05, 3.63) is 34.4 Å². The maximum absolute atomic E-state index is 13.0. The molecule has 0 radical (unpaired) electrons. The largest absolute Gasteiger partial charge is 0.486 e. The number of ether oxygens (including phenoxy) is 1. The molecule has 1 heterocycles. The van der Waals surface area contributed by atoms with Gasteiger partial charge in [0.15, 0.2) is 12.1 Å². The molecule has 1 fully saturated rings.